The van der Waals surface area contributed by atoms with E-state index in [1.807, 2.05) is 0 Å². The van der Waals surface area contributed by atoms with Crippen molar-refractivity contribution in [2.45, 2.75) is 62.5 Å². The number of fused-ring (bicyclic) bond motifs is 1. The fourth-order valence-electron chi connectivity index (χ4n) is 5.26. The van der Waals surface area contributed by atoms with Crippen molar-refractivity contribution in [2.24, 2.45) is 0 Å². The Morgan fingerprint density at radius 2 is 1.62 bits per heavy atom. The van der Waals surface area contributed by atoms with Crippen molar-refractivity contribution in [3.8, 4) is 5.75 Å². The van der Waals surface area contributed by atoms with E-state index in [-0.39, 0.29) is 35.3 Å². The summed E-state index contributed by atoms with van der Waals surface area (Å²) in [7, 11) is -4.32. The summed E-state index contributed by atoms with van der Waals surface area (Å²) in [4.78, 5) is 17.0. The number of halogens is 3. The van der Waals surface area contributed by atoms with Crippen molar-refractivity contribution < 1.29 is 31.1 Å². The Balaban J connectivity index is 1.51. The van der Waals surface area contributed by atoms with Gasteiger partial charge in [-0.05, 0) is 75.2 Å². The number of aromatic nitrogens is 1. The first kappa shape index (κ1) is 27.5. The molecule has 0 bridgehead atoms. The molecular weight excluding hydrogens is 531 g/mol. The average molecular weight is 564 g/mol. The summed E-state index contributed by atoms with van der Waals surface area (Å²) in [6, 6.07) is 11.2. The van der Waals surface area contributed by atoms with Crippen LogP contribution >= 0.6 is 0 Å². The molecule has 210 valence electrons. The summed E-state index contributed by atoms with van der Waals surface area (Å²) in [5.74, 6) is -3.56. The predicted molar refractivity (Wildman–Crippen MR) is 141 cm³/mol. The summed E-state index contributed by atoms with van der Waals surface area (Å²) in [6.07, 6.45) is 0.756. The lowest BCUT2D eigenvalue weighted by Crippen LogP contribution is -2.43. The van der Waals surface area contributed by atoms with Crippen LogP contribution in [0.15, 0.2) is 53.4 Å². The number of carbonyl (C=O) groups excluding carboxylic acids is 1. The number of amides is 1. The highest BCUT2D eigenvalue weighted by atomic mass is 32.2. The van der Waals surface area contributed by atoms with Gasteiger partial charge in [0.1, 0.15) is 23.4 Å². The van der Waals surface area contributed by atoms with Gasteiger partial charge in [0.2, 0.25) is 0 Å². The average Bonchev–Trinajstić information content (AvgIpc) is 3.28. The van der Waals surface area contributed by atoms with Crippen LogP contribution in [0.25, 0.3) is 10.9 Å². The predicted octanol–water partition coefficient (Wildman–Crippen LogP) is 5.14. The molecule has 0 spiro atoms. The highest BCUT2D eigenvalue weighted by Gasteiger charge is 2.37. The van der Waals surface area contributed by atoms with Gasteiger partial charge in [0, 0.05) is 50.4 Å². The van der Waals surface area contributed by atoms with Gasteiger partial charge in [-0.2, -0.15) is 0 Å². The van der Waals surface area contributed by atoms with E-state index in [1.165, 1.54) is 11.0 Å². The van der Waals surface area contributed by atoms with Gasteiger partial charge in [0.15, 0.2) is 0 Å². The Hall–Kier alpha value is -3.05. The quantitative estimate of drug-likeness (QED) is 0.416. The SMILES string of the molecule is CC(C)N1CCC(Oc2ccc3c(c2)cc(C(=O)N2CCC(F)(F)CC2)n3S(=O)(=O)c2ccc(F)cc2)CC1. The van der Waals surface area contributed by atoms with Gasteiger partial charge in [0.05, 0.1) is 10.4 Å². The molecule has 11 heteroatoms. The van der Waals surface area contributed by atoms with E-state index in [4.69, 9.17) is 4.74 Å². The van der Waals surface area contributed by atoms with Crippen LogP contribution in [0.1, 0.15) is 50.0 Å². The Kier molecular flexibility index (Phi) is 7.41. The minimum atomic E-state index is -4.32. The molecule has 2 aliphatic heterocycles. The number of nitrogens with zero attached hydrogens (tertiary/aromatic N) is 3. The molecule has 0 unspecified atom stereocenters. The third-order valence-electron chi connectivity index (χ3n) is 7.59. The number of piperidine rings is 2. The molecule has 1 aromatic heterocycles. The molecule has 3 heterocycles. The van der Waals surface area contributed by atoms with Crippen molar-refractivity contribution >= 4 is 26.8 Å². The van der Waals surface area contributed by atoms with Crippen LogP contribution in [0.4, 0.5) is 13.2 Å². The van der Waals surface area contributed by atoms with E-state index >= 15 is 0 Å². The monoisotopic (exact) mass is 563 g/mol. The molecule has 2 saturated heterocycles. The van der Waals surface area contributed by atoms with E-state index in [0.29, 0.717) is 17.2 Å². The van der Waals surface area contributed by atoms with E-state index < -0.39 is 40.5 Å². The molecule has 7 nitrogen and oxygen atoms in total. The number of hydrogen-bond acceptors (Lipinski definition) is 5. The van der Waals surface area contributed by atoms with Crippen molar-refractivity contribution in [3.63, 3.8) is 0 Å². The molecule has 3 aromatic rings. The number of ether oxygens (including phenoxy) is 1. The second-order valence-corrected chi connectivity index (χ2v) is 12.4. The van der Waals surface area contributed by atoms with Gasteiger partial charge in [-0.1, -0.05) is 0 Å². The van der Waals surface area contributed by atoms with Crippen molar-refractivity contribution in [3.05, 3.63) is 60.0 Å². The van der Waals surface area contributed by atoms with E-state index in [0.717, 1.165) is 54.2 Å². The maximum Gasteiger partial charge on any atom is 0.271 e. The molecule has 39 heavy (non-hydrogen) atoms. The first-order chi connectivity index (χ1) is 18.4. The standard InChI is InChI=1S/C28H32F3N3O4S/c1-19(2)32-13-9-22(10-14-32)38-23-5-8-25-20(17-23)18-26(27(35)33-15-11-28(30,31)12-16-33)34(25)39(36,37)24-6-3-21(29)4-7-24/h3-8,17-19,22H,9-16H2,1-2H3. The van der Waals surface area contributed by atoms with Crippen LogP contribution in [0.3, 0.4) is 0 Å². The van der Waals surface area contributed by atoms with Gasteiger partial charge in [0.25, 0.3) is 21.9 Å². The van der Waals surface area contributed by atoms with Crippen LogP contribution in [0.5, 0.6) is 5.75 Å². The van der Waals surface area contributed by atoms with Crippen LogP contribution < -0.4 is 4.74 Å². The van der Waals surface area contributed by atoms with Crippen LogP contribution in [-0.2, 0) is 10.0 Å². The molecule has 0 saturated carbocycles. The highest BCUT2D eigenvalue weighted by Crippen LogP contribution is 2.33. The first-order valence-electron chi connectivity index (χ1n) is 13.2. The van der Waals surface area contributed by atoms with Crippen molar-refractivity contribution in [1.82, 2.24) is 13.8 Å². The number of rotatable bonds is 6. The molecule has 0 aliphatic carbocycles. The summed E-state index contributed by atoms with van der Waals surface area (Å²) < 4.78 is 75.6. The number of alkyl halides is 2. The number of likely N-dealkylation sites (tertiary alicyclic amines) is 2. The fraction of sp³-hybridized carbons (Fsp3) is 0.464. The minimum Gasteiger partial charge on any atom is -0.490 e. The van der Waals surface area contributed by atoms with E-state index in [2.05, 4.69) is 18.7 Å². The maximum atomic E-state index is 13.7. The van der Waals surface area contributed by atoms with Crippen LogP contribution in [0, 0.1) is 5.82 Å². The second-order valence-electron chi connectivity index (χ2n) is 10.6. The normalized spacial score (nSPS) is 19.1. The fourth-order valence-corrected chi connectivity index (χ4v) is 6.77. The maximum absolute atomic E-state index is 13.7. The topological polar surface area (TPSA) is 71.8 Å². The highest BCUT2D eigenvalue weighted by molar-refractivity contribution is 7.90. The van der Waals surface area contributed by atoms with Gasteiger partial charge in [-0.25, -0.2) is 25.6 Å². The van der Waals surface area contributed by atoms with Crippen molar-refractivity contribution in [1.29, 1.82) is 0 Å². The molecule has 2 fully saturated rings. The summed E-state index contributed by atoms with van der Waals surface area (Å²) in [5, 5.41) is 0.462. The summed E-state index contributed by atoms with van der Waals surface area (Å²) in [6.45, 7) is 5.79. The van der Waals surface area contributed by atoms with Gasteiger partial charge in [-0.15, -0.1) is 0 Å². The Morgan fingerprint density at radius 1 is 0.974 bits per heavy atom. The number of hydrogen-bond donors (Lipinski definition) is 0. The largest absolute Gasteiger partial charge is 0.490 e. The lowest BCUT2D eigenvalue weighted by molar-refractivity contribution is -0.0495. The summed E-state index contributed by atoms with van der Waals surface area (Å²) >= 11 is 0. The minimum absolute atomic E-state index is 0.0126. The molecule has 2 aromatic carbocycles. The summed E-state index contributed by atoms with van der Waals surface area (Å²) in [5.41, 5.74) is 0.0777. The smallest absolute Gasteiger partial charge is 0.271 e. The number of carbonyl (C=O) groups is 1. The van der Waals surface area contributed by atoms with Gasteiger partial charge >= 0.3 is 0 Å². The molecule has 0 atom stereocenters. The third kappa shape index (κ3) is 5.65. The zero-order valence-corrected chi connectivity index (χ0v) is 22.8. The Bertz CT molecular complexity index is 1450. The van der Waals surface area contributed by atoms with Crippen LogP contribution in [0.2, 0.25) is 0 Å². The molecule has 2 aliphatic rings. The number of benzene rings is 2. The van der Waals surface area contributed by atoms with Crippen LogP contribution in [-0.4, -0.2) is 72.3 Å². The van der Waals surface area contributed by atoms with Crippen molar-refractivity contribution in [2.75, 3.05) is 26.2 Å². The lowest BCUT2D eigenvalue weighted by Gasteiger charge is -2.34. The van der Waals surface area contributed by atoms with Gasteiger partial charge in [-0.3, -0.25) is 4.79 Å². The zero-order valence-electron chi connectivity index (χ0n) is 21.9. The zero-order chi connectivity index (χ0) is 27.9. The lowest BCUT2D eigenvalue weighted by atomic mass is 10.1. The molecule has 0 radical (unpaired) electrons. The molecule has 0 N–H and O–H groups in total. The van der Waals surface area contributed by atoms with E-state index in [1.54, 1.807) is 18.2 Å². The molecule has 5 rings (SSSR count). The first-order valence-corrected chi connectivity index (χ1v) is 14.6. The molecule has 1 amide bonds. The second kappa shape index (κ2) is 10.5. The molecular formula is C28H32F3N3O4S. The Labute approximate surface area is 226 Å². The van der Waals surface area contributed by atoms with E-state index in [9.17, 15) is 26.4 Å². The Morgan fingerprint density at radius 3 is 2.23 bits per heavy atom. The third-order valence-corrected chi connectivity index (χ3v) is 9.33. The van der Waals surface area contributed by atoms with Gasteiger partial charge < -0.3 is 14.5 Å².